The number of carbonyl (C=O) groups excluding carboxylic acids is 2. The summed E-state index contributed by atoms with van der Waals surface area (Å²) in [5, 5.41) is 2.82. The van der Waals surface area contributed by atoms with Crippen LogP contribution >= 0.6 is 11.8 Å². The van der Waals surface area contributed by atoms with Gasteiger partial charge in [-0.3, -0.25) is 9.59 Å². The highest BCUT2D eigenvalue weighted by atomic mass is 32.2. The van der Waals surface area contributed by atoms with Crippen LogP contribution < -0.4 is 5.32 Å². The Morgan fingerprint density at radius 3 is 2.39 bits per heavy atom. The Morgan fingerprint density at radius 1 is 1.03 bits per heavy atom. The summed E-state index contributed by atoms with van der Waals surface area (Å²) in [7, 11) is -2.28. The molecule has 1 heterocycles. The summed E-state index contributed by atoms with van der Waals surface area (Å²) >= 11 is 1.51. The molecule has 1 saturated heterocycles. The van der Waals surface area contributed by atoms with Gasteiger partial charge < -0.3 is 10.2 Å². The molecule has 0 atom stereocenters. The van der Waals surface area contributed by atoms with Gasteiger partial charge in [-0.05, 0) is 43.4 Å². The number of benzene rings is 2. The Balaban J connectivity index is 1.76. The Kier molecular flexibility index (Phi) is 7.74. The fourth-order valence-electron chi connectivity index (χ4n) is 3.54. The number of hydrogen-bond acceptors (Lipinski definition) is 5. The van der Waals surface area contributed by atoms with Crippen LogP contribution in [0.3, 0.4) is 0 Å². The number of rotatable bonds is 7. The maximum Gasteiger partial charge on any atom is 0.255 e. The quantitative estimate of drug-likeness (QED) is 0.640. The zero-order valence-electron chi connectivity index (χ0n) is 17.7. The van der Waals surface area contributed by atoms with Gasteiger partial charge >= 0.3 is 0 Å². The first-order chi connectivity index (χ1) is 14.8. The van der Waals surface area contributed by atoms with Crippen molar-refractivity contribution in [3.8, 4) is 0 Å². The number of nitrogens with zero attached hydrogens (tertiary/aromatic N) is 2. The maximum atomic E-state index is 13.1. The minimum absolute atomic E-state index is 0.0121. The number of thioether (sulfide) groups is 1. The van der Waals surface area contributed by atoms with Crippen LogP contribution in [0.4, 0.5) is 5.69 Å². The van der Waals surface area contributed by atoms with Crippen LogP contribution in [-0.4, -0.2) is 62.4 Å². The summed E-state index contributed by atoms with van der Waals surface area (Å²) in [5.74, 6) is -0.863. The Hall–Kier alpha value is -2.36. The van der Waals surface area contributed by atoms with Gasteiger partial charge in [0.2, 0.25) is 15.9 Å². The molecule has 1 aliphatic rings. The molecule has 31 heavy (non-hydrogen) atoms. The molecular weight excluding hydrogens is 434 g/mol. The van der Waals surface area contributed by atoms with Crippen LogP contribution in [0.25, 0.3) is 0 Å². The molecule has 9 heteroatoms. The predicted molar refractivity (Wildman–Crippen MR) is 123 cm³/mol. The zero-order chi connectivity index (χ0) is 22.4. The molecular formula is C22H27N3O4S2. The second-order valence-electron chi connectivity index (χ2n) is 7.37. The second kappa shape index (κ2) is 10.3. The van der Waals surface area contributed by atoms with E-state index in [-0.39, 0.29) is 22.9 Å². The molecule has 0 unspecified atom stereocenters. The van der Waals surface area contributed by atoms with Gasteiger partial charge in [0.05, 0.1) is 22.7 Å². The number of hydrogen-bond donors (Lipinski definition) is 1. The molecule has 2 amide bonds. The average Bonchev–Trinajstić information content (AvgIpc) is 2.79. The summed E-state index contributed by atoms with van der Waals surface area (Å²) in [6.07, 6.45) is 4.55. The Morgan fingerprint density at radius 2 is 1.68 bits per heavy atom. The van der Waals surface area contributed by atoms with Gasteiger partial charge in [-0.1, -0.05) is 30.7 Å². The van der Waals surface area contributed by atoms with Gasteiger partial charge in [0.25, 0.3) is 5.91 Å². The van der Waals surface area contributed by atoms with Crippen molar-refractivity contribution in [3.63, 3.8) is 0 Å². The lowest BCUT2D eigenvalue weighted by atomic mass is 10.2. The number of carbonyl (C=O) groups is 2. The van der Waals surface area contributed by atoms with Crippen molar-refractivity contribution in [2.24, 2.45) is 0 Å². The fourth-order valence-corrected chi connectivity index (χ4v) is 5.80. The standard InChI is InChI=1S/C22H27N3O4S2/c1-24(16-21(26)23-18-11-5-6-12-19(18)30-2)22(27)17-10-4-7-13-20(17)31(28,29)25-14-8-3-9-15-25/h4-7,10-13H,3,8-9,14-16H2,1-2H3,(H,23,26). The molecule has 1 fully saturated rings. The molecule has 0 aromatic heterocycles. The first-order valence-electron chi connectivity index (χ1n) is 10.1. The summed E-state index contributed by atoms with van der Waals surface area (Å²) in [6.45, 7) is 0.718. The molecule has 0 radical (unpaired) electrons. The molecule has 1 N–H and O–H groups in total. The molecule has 0 spiro atoms. The number of anilines is 1. The summed E-state index contributed by atoms with van der Waals surface area (Å²) in [6, 6.07) is 13.6. The van der Waals surface area contributed by atoms with Gasteiger partial charge in [-0.25, -0.2) is 8.42 Å². The first-order valence-corrected chi connectivity index (χ1v) is 12.8. The van der Waals surface area contributed by atoms with E-state index in [0.717, 1.165) is 24.2 Å². The van der Waals surface area contributed by atoms with Crippen molar-refractivity contribution in [1.82, 2.24) is 9.21 Å². The van der Waals surface area contributed by atoms with E-state index in [9.17, 15) is 18.0 Å². The third-order valence-corrected chi connectivity index (χ3v) is 7.91. The van der Waals surface area contributed by atoms with Crippen LogP contribution in [0, 0.1) is 0 Å². The number of sulfonamides is 1. The van der Waals surface area contributed by atoms with Crippen molar-refractivity contribution in [3.05, 3.63) is 54.1 Å². The third kappa shape index (κ3) is 5.47. The van der Waals surface area contributed by atoms with E-state index in [1.54, 1.807) is 18.2 Å². The van der Waals surface area contributed by atoms with Crippen LogP contribution in [0.1, 0.15) is 29.6 Å². The van der Waals surface area contributed by atoms with Gasteiger partial charge in [-0.15, -0.1) is 11.8 Å². The number of para-hydroxylation sites is 1. The average molecular weight is 462 g/mol. The smallest absolute Gasteiger partial charge is 0.255 e. The van der Waals surface area contributed by atoms with Gasteiger partial charge in [0, 0.05) is 25.0 Å². The molecule has 0 bridgehead atoms. The zero-order valence-corrected chi connectivity index (χ0v) is 19.3. The molecule has 1 aliphatic heterocycles. The van der Waals surface area contributed by atoms with Crippen molar-refractivity contribution < 1.29 is 18.0 Å². The summed E-state index contributed by atoms with van der Waals surface area (Å²) < 4.78 is 27.7. The highest BCUT2D eigenvalue weighted by Crippen LogP contribution is 2.26. The number of likely N-dealkylation sites (N-methyl/N-ethyl adjacent to an activating group) is 1. The van der Waals surface area contributed by atoms with E-state index >= 15 is 0 Å². The molecule has 3 rings (SSSR count). The van der Waals surface area contributed by atoms with Gasteiger partial charge in [-0.2, -0.15) is 4.31 Å². The SMILES string of the molecule is CSc1ccccc1NC(=O)CN(C)C(=O)c1ccccc1S(=O)(=O)N1CCCCC1. The van der Waals surface area contributed by atoms with Crippen molar-refractivity contribution in [1.29, 1.82) is 0 Å². The predicted octanol–water partition coefficient (Wildman–Crippen LogP) is 3.29. The van der Waals surface area contributed by atoms with Crippen LogP contribution in [0.15, 0.2) is 58.3 Å². The Bertz CT molecular complexity index is 1050. The van der Waals surface area contributed by atoms with E-state index < -0.39 is 15.9 Å². The molecule has 0 saturated carbocycles. The van der Waals surface area contributed by atoms with Gasteiger partial charge in [0.15, 0.2) is 0 Å². The lowest BCUT2D eigenvalue weighted by Gasteiger charge is -2.27. The van der Waals surface area contributed by atoms with Crippen LogP contribution in [0.2, 0.25) is 0 Å². The minimum atomic E-state index is -3.77. The lowest BCUT2D eigenvalue weighted by Crippen LogP contribution is -2.38. The molecule has 2 aromatic rings. The topological polar surface area (TPSA) is 86.8 Å². The van der Waals surface area contributed by atoms with E-state index in [1.807, 2.05) is 24.5 Å². The molecule has 0 aliphatic carbocycles. The maximum absolute atomic E-state index is 13.1. The van der Waals surface area contributed by atoms with Gasteiger partial charge in [0.1, 0.15) is 0 Å². The second-order valence-corrected chi connectivity index (χ2v) is 10.1. The van der Waals surface area contributed by atoms with Crippen molar-refractivity contribution >= 4 is 39.3 Å². The van der Waals surface area contributed by atoms with E-state index in [1.165, 1.54) is 40.1 Å². The number of piperidine rings is 1. The van der Waals surface area contributed by atoms with Crippen LogP contribution in [0.5, 0.6) is 0 Å². The third-order valence-electron chi connectivity index (χ3n) is 5.16. The number of nitrogens with one attached hydrogen (secondary N) is 1. The normalized spacial score (nSPS) is 14.8. The Labute approximate surface area is 187 Å². The molecule has 7 nitrogen and oxygen atoms in total. The summed E-state index contributed by atoms with van der Waals surface area (Å²) in [5.41, 5.74) is 0.752. The summed E-state index contributed by atoms with van der Waals surface area (Å²) in [4.78, 5) is 27.7. The van der Waals surface area contributed by atoms with Crippen molar-refractivity contribution in [2.45, 2.75) is 29.1 Å². The van der Waals surface area contributed by atoms with Crippen LogP contribution in [-0.2, 0) is 14.8 Å². The first kappa shape index (κ1) is 23.3. The minimum Gasteiger partial charge on any atom is -0.332 e. The van der Waals surface area contributed by atoms with E-state index in [2.05, 4.69) is 5.32 Å². The van der Waals surface area contributed by atoms with Crippen molar-refractivity contribution in [2.75, 3.05) is 38.3 Å². The highest BCUT2D eigenvalue weighted by molar-refractivity contribution is 7.98. The monoisotopic (exact) mass is 461 g/mol. The fraction of sp³-hybridized carbons (Fsp3) is 0.364. The highest BCUT2D eigenvalue weighted by Gasteiger charge is 2.30. The van der Waals surface area contributed by atoms with E-state index in [0.29, 0.717) is 18.8 Å². The number of amides is 2. The molecule has 166 valence electrons. The lowest BCUT2D eigenvalue weighted by molar-refractivity contribution is -0.116. The largest absolute Gasteiger partial charge is 0.332 e. The van der Waals surface area contributed by atoms with E-state index in [4.69, 9.17) is 0 Å². The molecule has 2 aromatic carbocycles.